The number of nitrogens with one attached hydrogen (secondary N) is 1. The van der Waals surface area contributed by atoms with E-state index in [9.17, 15) is 15.3 Å². The topological polar surface area (TPSA) is 111 Å². The third kappa shape index (κ3) is 2.63. The molecule has 1 N–H and O–H groups in total. The lowest BCUT2D eigenvalue weighted by molar-refractivity contribution is -0.123. The molecule has 0 radical (unpaired) electrons. The van der Waals surface area contributed by atoms with E-state index in [1.54, 1.807) is 19.1 Å². The SMILES string of the molecule is CC1=C2C(=O)[N+](C)([O-])c3cc(C#N)ccc3C2c2c(OCC3CC3)nnc(C)c2N1. The van der Waals surface area contributed by atoms with Gasteiger partial charge in [-0.1, -0.05) is 6.07 Å². The zero-order valence-electron chi connectivity index (χ0n) is 17.0. The number of allylic oxidation sites excluding steroid dienone is 1. The first kappa shape index (κ1) is 18.7. The molecule has 1 aromatic heterocycles. The van der Waals surface area contributed by atoms with Gasteiger partial charge in [0.1, 0.15) is 5.69 Å². The lowest BCUT2D eigenvalue weighted by atomic mass is 9.76. The van der Waals surface area contributed by atoms with Crippen LogP contribution in [0.2, 0.25) is 0 Å². The van der Waals surface area contributed by atoms with Crippen LogP contribution in [0.15, 0.2) is 29.5 Å². The Balaban J connectivity index is 1.77. The second-order valence-electron chi connectivity index (χ2n) is 8.35. The molecule has 1 amide bonds. The number of nitrogens with zero attached hydrogens (tertiary/aromatic N) is 4. The number of carbonyl (C=O) groups is 1. The molecule has 1 aliphatic carbocycles. The van der Waals surface area contributed by atoms with E-state index in [0.29, 0.717) is 46.5 Å². The Morgan fingerprint density at radius 1 is 1.33 bits per heavy atom. The summed E-state index contributed by atoms with van der Waals surface area (Å²) in [5, 5.41) is 34.5. The smallest absolute Gasteiger partial charge is 0.349 e. The minimum atomic E-state index is -1.19. The minimum Gasteiger partial charge on any atom is -0.620 e. The summed E-state index contributed by atoms with van der Waals surface area (Å²) in [7, 11) is 1.31. The molecule has 8 heteroatoms. The van der Waals surface area contributed by atoms with Gasteiger partial charge in [0.25, 0.3) is 0 Å². The van der Waals surface area contributed by atoms with Crippen molar-refractivity contribution in [1.82, 2.24) is 14.8 Å². The molecule has 1 saturated carbocycles. The van der Waals surface area contributed by atoms with E-state index >= 15 is 0 Å². The quantitative estimate of drug-likeness (QED) is 0.618. The highest BCUT2D eigenvalue weighted by Gasteiger charge is 2.48. The predicted molar refractivity (Wildman–Crippen MR) is 110 cm³/mol. The van der Waals surface area contributed by atoms with E-state index in [1.807, 2.05) is 6.92 Å². The van der Waals surface area contributed by atoms with Gasteiger partial charge < -0.3 is 15.3 Å². The number of hydrogen-bond donors (Lipinski definition) is 1. The molecule has 0 bridgehead atoms. The van der Waals surface area contributed by atoms with Crippen molar-refractivity contribution in [2.75, 3.05) is 19.0 Å². The number of aromatic nitrogens is 2. The van der Waals surface area contributed by atoms with Gasteiger partial charge in [-0.05, 0) is 38.7 Å². The van der Waals surface area contributed by atoms with E-state index < -0.39 is 16.5 Å². The average Bonchev–Trinajstić information content (AvgIpc) is 3.55. The number of rotatable bonds is 3. The molecule has 30 heavy (non-hydrogen) atoms. The third-order valence-corrected chi connectivity index (χ3v) is 6.15. The molecule has 8 nitrogen and oxygen atoms in total. The normalized spacial score (nSPS) is 24.4. The van der Waals surface area contributed by atoms with Gasteiger partial charge in [0.15, 0.2) is 0 Å². The monoisotopic (exact) mass is 403 g/mol. The number of likely N-dealkylation sites (N-methyl/N-ethyl adjacent to an activating group) is 1. The third-order valence-electron chi connectivity index (χ3n) is 6.15. The molecule has 0 saturated heterocycles. The van der Waals surface area contributed by atoms with Crippen LogP contribution >= 0.6 is 0 Å². The van der Waals surface area contributed by atoms with Gasteiger partial charge in [-0.2, -0.15) is 10.4 Å². The fourth-order valence-corrected chi connectivity index (χ4v) is 4.32. The Morgan fingerprint density at radius 2 is 2.10 bits per heavy atom. The number of amides is 1. The maximum atomic E-state index is 13.4. The van der Waals surface area contributed by atoms with Crippen LogP contribution in [0.25, 0.3) is 0 Å². The van der Waals surface area contributed by atoms with Gasteiger partial charge in [-0.15, -0.1) is 5.10 Å². The molecule has 5 rings (SSSR count). The van der Waals surface area contributed by atoms with Crippen LogP contribution in [0.5, 0.6) is 5.88 Å². The van der Waals surface area contributed by atoms with Gasteiger partial charge in [-0.3, -0.25) is 4.65 Å². The van der Waals surface area contributed by atoms with E-state index in [2.05, 4.69) is 21.6 Å². The summed E-state index contributed by atoms with van der Waals surface area (Å²) in [6, 6.07) is 7.01. The zero-order valence-corrected chi connectivity index (χ0v) is 17.0. The average molecular weight is 403 g/mol. The summed E-state index contributed by atoms with van der Waals surface area (Å²) in [4.78, 5) is 13.3. The Labute approximate surface area is 174 Å². The Hall–Kier alpha value is -3.28. The van der Waals surface area contributed by atoms with Crippen LogP contribution in [0.4, 0.5) is 11.4 Å². The molecule has 3 aliphatic rings. The number of aryl methyl sites for hydroxylation is 1. The first-order valence-electron chi connectivity index (χ1n) is 9.97. The van der Waals surface area contributed by atoms with E-state index in [1.165, 1.54) is 13.1 Å². The highest BCUT2D eigenvalue weighted by atomic mass is 16.6. The Bertz CT molecular complexity index is 1170. The van der Waals surface area contributed by atoms with Crippen LogP contribution in [-0.2, 0) is 4.79 Å². The van der Waals surface area contributed by atoms with Crippen molar-refractivity contribution in [3.8, 4) is 11.9 Å². The zero-order chi connectivity index (χ0) is 21.2. The van der Waals surface area contributed by atoms with Gasteiger partial charge >= 0.3 is 5.91 Å². The van der Waals surface area contributed by atoms with Crippen LogP contribution in [-0.4, -0.2) is 29.8 Å². The number of ether oxygens (including phenoxy) is 1. The van der Waals surface area contributed by atoms with Crippen molar-refractivity contribution in [3.63, 3.8) is 0 Å². The highest BCUT2D eigenvalue weighted by molar-refractivity contribution is 6.08. The van der Waals surface area contributed by atoms with Crippen molar-refractivity contribution < 1.29 is 9.53 Å². The standard InChI is InChI=1S/C22H21N5O3/c1-11-17-18(15-7-6-14(9-23)8-16(15)27(3,29)22(17)28)19-20(24-11)12(2)25-26-21(19)30-10-13-4-5-13/h6-8,13,18,24H,4-5,10H2,1-3H3. The van der Waals surface area contributed by atoms with Crippen LogP contribution < -0.4 is 14.7 Å². The molecule has 3 heterocycles. The molecule has 2 unspecified atom stereocenters. The van der Waals surface area contributed by atoms with E-state index in [4.69, 9.17) is 4.74 Å². The summed E-state index contributed by atoms with van der Waals surface area (Å²) in [6.45, 7) is 4.20. The number of fused-ring (bicyclic) bond motifs is 5. The molecule has 2 aliphatic heterocycles. The Morgan fingerprint density at radius 3 is 2.80 bits per heavy atom. The number of hydroxylamine groups is 2. The van der Waals surface area contributed by atoms with Crippen LogP contribution in [0.1, 0.15) is 48.1 Å². The van der Waals surface area contributed by atoms with Gasteiger partial charge in [0.05, 0.1) is 53.7 Å². The summed E-state index contributed by atoms with van der Waals surface area (Å²) >= 11 is 0. The van der Waals surface area contributed by atoms with Crippen LogP contribution in [0.3, 0.4) is 0 Å². The maximum absolute atomic E-state index is 13.4. The number of quaternary nitrogens is 1. The first-order chi connectivity index (χ1) is 14.3. The minimum absolute atomic E-state index is 0.274. The second kappa shape index (κ2) is 6.36. The molecule has 152 valence electrons. The Kier molecular flexibility index (Phi) is 3.97. The van der Waals surface area contributed by atoms with E-state index in [0.717, 1.165) is 24.1 Å². The van der Waals surface area contributed by atoms with E-state index in [-0.39, 0.29) is 5.69 Å². The fraction of sp³-hybridized carbons (Fsp3) is 0.364. The lowest BCUT2D eigenvalue weighted by Gasteiger charge is -2.45. The van der Waals surface area contributed by atoms with Gasteiger partial charge in [-0.25, -0.2) is 4.79 Å². The summed E-state index contributed by atoms with van der Waals surface area (Å²) < 4.78 is 4.84. The number of benzene rings is 1. The molecular formula is C22H21N5O3. The second-order valence-corrected chi connectivity index (χ2v) is 8.35. The molecule has 0 spiro atoms. The maximum Gasteiger partial charge on any atom is 0.349 e. The molecular weight excluding hydrogens is 382 g/mol. The van der Waals surface area contributed by atoms with Crippen molar-refractivity contribution in [2.24, 2.45) is 5.92 Å². The number of hydrogen-bond acceptors (Lipinski definition) is 7. The molecule has 1 fully saturated rings. The fourth-order valence-electron chi connectivity index (χ4n) is 4.32. The highest BCUT2D eigenvalue weighted by Crippen LogP contribution is 2.53. The summed E-state index contributed by atoms with van der Waals surface area (Å²) in [5.74, 6) is -0.145. The van der Waals surface area contributed by atoms with Gasteiger partial charge in [0.2, 0.25) is 5.88 Å². The van der Waals surface area contributed by atoms with Crippen molar-refractivity contribution in [3.05, 3.63) is 57.1 Å². The number of carbonyl (C=O) groups excluding carboxylic acids is 1. The first-order valence-corrected chi connectivity index (χ1v) is 9.97. The molecule has 2 aromatic rings. The summed E-state index contributed by atoms with van der Waals surface area (Å²) in [6.07, 6.45) is 2.27. The van der Waals surface area contributed by atoms with Gasteiger partial charge in [0, 0.05) is 17.3 Å². The van der Waals surface area contributed by atoms with Crippen LogP contribution in [0, 0.1) is 29.4 Å². The summed E-state index contributed by atoms with van der Waals surface area (Å²) in [5.41, 5.74) is 4.50. The molecule has 2 atom stereocenters. The van der Waals surface area contributed by atoms with Crippen molar-refractivity contribution in [2.45, 2.75) is 32.6 Å². The number of anilines is 1. The predicted octanol–water partition coefficient (Wildman–Crippen LogP) is 3.25. The number of nitriles is 1. The molecule has 1 aromatic carbocycles. The van der Waals surface area contributed by atoms with Crippen molar-refractivity contribution in [1.29, 1.82) is 5.26 Å². The van der Waals surface area contributed by atoms with Crippen molar-refractivity contribution >= 4 is 17.3 Å². The largest absolute Gasteiger partial charge is 0.620 e. The lowest BCUT2D eigenvalue weighted by Crippen LogP contribution is -2.51.